The summed E-state index contributed by atoms with van der Waals surface area (Å²) >= 11 is 6.57. The molecule has 0 atom stereocenters. The molecule has 4 aromatic heterocycles. The van der Waals surface area contributed by atoms with Crippen molar-refractivity contribution < 1.29 is 37.9 Å². The van der Waals surface area contributed by atoms with E-state index in [1.54, 1.807) is 102 Å². The van der Waals surface area contributed by atoms with E-state index in [0.717, 1.165) is 76.2 Å². The van der Waals surface area contributed by atoms with Gasteiger partial charge in [-0.2, -0.15) is 0 Å². The molecule has 0 aliphatic carbocycles. The third-order valence-corrected chi connectivity index (χ3v) is 22.3. The second kappa shape index (κ2) is 13.3. The van der Waals surface area contributed by atoms with Crippen molar-refractivity contribution in [1.29, 1.82) is 0 Å². The fourth-order valence-corrected chi connectivity index (χ4v) is 26.9. The van der Waals surface area contributed by atoms with E-state index in [-0.39, 0.29) is 59.8 Å². The first-order chi connectivity index (χ1) is 19.5. The Kier molecular flexibility index (Phi) is 10.2. The van der Waals surface area contributed by atoms with Crippen LogP contribution in [0, 0.1) is 0 Å². The Morgan fingerprint density at radius 1 is 0.275 bits per heavy atom. The summed E-state index contributed by atoms with van der Waals surface area (Å²) in [4.78, 5) is 0. The Morgan fingerprint density at radius 2 is 0.400 bits per heavy atom. The van der Waals surface area contributed by atoms with Crippen LogP contribution in [0.15, 0.2) is 0 Å². The summed E-state index contributed by atoms with van der Waals surface area (Å²) in [5.74, 6) is 6.30. The van der Waals surface area contributed by atoms with Crippen molar-refractivity contribution >= 4 is 135 Å². The summed E-state index contributed by atoms with van der Waals surface area (Å²) in [6.45, 7) is 0. The number of rotatable bonds is 8. The van der Waals surface area contributed by atoms with E-state index in [2.05, 4.69) is 0 Å². The van der Waals surface area contributed by atoms with Gasteiger partial charge in [-0.05, 0) is 0 Å². The van der Waals surface area contributed by atoms with Gasteiger partial charge in [-0.1, -0.05) is 0 Å². The van der Waals surface area contributed by atoms with Crippen molar-refractivity contribution in [2.45, 2.75) is 0 Å². The van der Waals surface area contributed by atoms with E-state index in [9.17, 15) is 0 Å². The molecule has 0 aromatic carbocycles. The minimum absolute atomic E-state index is 0.0970. The van der Waals surface area contributed by atoms with Gasteiger partial charge in [-0.25, -0.2) is 0 Å². The molecule has 5 heterocycles. The first-order valence-corrected chi connectivity index (χ1v) is 21.3. The average molecular weight is 885 g/mol. The van der Waals surface area contributed by atoms with Gasteiger partial charge in [-0.15, -0.1) is 0 Å². The van der Waals surface area contributed by atoms with Crippen LogP contribution in [-0.4, -0.2) is 117 Å². The molecule has 40 heavy (non-hydrogen) atoms. The molecule has 4 aromatic rings. The molecule has 0 fully saturated rings. The van der Waals surface area contributed by atoms with E-state index in [4.69, 9.17) is 37.9 Å². The van der Waals surface area contributed by atoms with Crippen molar-refractivity contribution in [3.63, 3.8) is 0 Å². The third kappa shape index (κ3) is 5.40. The summed E-state index contributed by atoms with van der Waals surface area (Å²) in [6, 6.07) is 0. The van der Waals surface area contributed by atoms with Crippen LogP contribution in [0.25, 0.3) is 0 Å². The molecule has 0 unspecified atom stereocenters. The van der Waals surface area contributed by atoms with Crippen LogP contribution in [0.5, 0.6) is 46.0 Å². The topological polar surface area (TPSA) is 73.8 Å². The molecule has 0 saturated carbocycles. The van der Waals surface area contributed by atoms with E-state index >= 15 is 0 Å². The standard InChI is InChI=1S/C24H24O8S4Se4/c1-25-9-10(26-2)18-33-17(9)37-19-11(27-3)12(28-4)21(34-19)39-23-15(31-7)16(32-8)24(36-23)40-22-14(30-6)13(29-5)20(35-22)38-18/h1-8H3. The van der Waals surface area contributed by atoms with Crippen LogP contribution in [-0.2, 0) is 0 Å². The van der Waals surface area contributed by atoms with Crippen LogP contribution < -0.4 is 68.1 Å². The van der Waals surface area contributed by atoms with Crippen molar-refractivity contribution in [3.8, 4) is 46.0 Å². The Balaban J connectivity index is 1.78. The van der Waals surface area contributed by atoms with E-state index in [0.29, 0.717) is 0 Å². The fourth-order valence-electron chi connectivity index (χ4n) is 3.73. The summed E-state index contributed by atoms with van der Waals surface area (Å²) in [7, 11) is 13.6. The van der Waals surface area contributed by atoms with Crippen LogP contribution in [0.4, 0.5) is 0 Å². The van der Waals surface area contributed by atoms with Gasteiger partial charge >= 0.3 is 276 Å². The zero-order chi connectivity index (χ0) is 28.6. The van der Waals surface area contributed by atoms with Crippen molar-refractivity contribution in [3.05, 3.63) is 0 Å². The first kappa shape index (κ1) is 30.7. The molecule has 0 radical (unpaired) electrons. The number of thiophene rings is 4. The summed E-state index contributed by atoms with van der Waals surface area (Å²) in [5, 5.41) is 0. The minimum atomic E-state index is -0.0970. The van der Waals surface area contributed by atoms with E-state index in [1.807, 2.05) is 0 Å². The van der Waals surface area contributed by atoms with Gasteiger partial charge in [0.2, 0.25) is 0 Å². The summed E-state index contributed by atoms with van der Waals surface area (Å²) in [6.07, 6.45) is 0. The molecular formula is C24H24O8S4Se4. The van der Waals surface area contributed by atoms with Crippen LogP contribution in [0.2, 0.25) is 0 Å². The maximum absolute atomic E-state index is 5.92. The number of hydrogen-bond donors (Lipinski definition) is 0. The second-order valence-electron chi connectivity index (χ2n) is 7.38. The Hall–Kier alpha value is -0.722. The number of fused-ring (bicyclic) bond motifs is 8. The molecule has 0 N–H and O–H groups in total. The molecule has 5 rings (SSSR count). The molecular weight excluding hydrogens is 860 g/mol. The van der Waals surface area contributed by atoms with Crippen molar-refractivity contribution in [2.75, 3.05) is 56.9 Å². The first-order valence-electron chi connectivity index (χ1n) is 11.2. The van der Waals surface area contributed by atoms with E-state index < -0.39 is 0 Å². The molecule has 1 aliphatic heterocycles. The predicted octanol–water partition coefficient (Wildman–Crippen LogP) is -1.07. The molecule has 16 heteroatoms. The zero-order valence-corrected chi connectivity index (χ0v) is 32.7. The van der Waals surface area contributed by atoms with E-state index in [1.165, 1.54) is 0 Å². The Morgan fingerprint density at radius 3 is 0.500 bits per heavy atom. The predicted molar refractivity (Wildman–Crippen MR) is 170 cm³/mol. The van der Waals surface area contributed by atoms with Crippen LogP contribution in [0.3, 0.4) is 0 Å². The van der Waals surface area contributed by atoms with Gasteiger partial charge in [0.25, 0.3) is 0 Å². The van der Waals surface area contributed by atoms with Gasteiger partial charge in [0.15, 0.2) is 0 Å². The normalized spacial score (nSPS) is 12.6. The van der Waals surface area contributed by atoms with Gasteiger partial charge in [0.05, 0.1) is 0 Å². The number of hydrogen-bond acceptors (Lipinski definition) is 12. The number of ether oxygens (including phenoxy) is 8. The molecule has 0 spiro atoms. The zero-order valence-electron chi connectivity index (χ0n) is 22.5. The Labute approximate surface area is 273 Å². The molecule has 0 amide bonds. The monoisotopic (exact) mass is 888 g/mol. The molecule has 216 valence electrons. The second-order valence-corrected chi connectivity index (χ2v) is 24.7. The van der Waals surface area contributed by atoms with Crippen molar-refractivity contribution in [1.82, 2.24) is 0 Å². The molecule has 0 saturated heterocycles. The van der Waals surface area contributed by atoms with Crippen LogP contribution in [0.1, 0.15) is 0 Å². The molecule has 8 bridgehead atoms. The third-order valence-electron chi connectivity index (χ3n) is 5.42. The molecule has 1 aliphatic rings. The SMILES string of the molecule is COc1c2sc(c1OC)[Se]c1sc(c(OC)c1OC)[Se]c1sc(c(OC)c1OC)[Se]c1sc(c(OC)c1OC)[Se]2. The summed E-state index contributed by atoms with van der Waals surface area (Å²) in [5.41, 5.74) is 0. The number of methoxy groups -OCH3 is 8. The maximum atomic E-state index is 5.92. The quantitative estimate of drug-likeness (QED) is 0.183. The average Bonchev–Trinajstić information content (AvgIpc) is 3.67. The van der Waals surface area contributed by atoms with Crippen molar-refractivity contribution in [2.24, 2.45) is 0 Å². The van der Waals surface area contributed by atoms with Crippen LogP contribution >= 0.6 is 45.3 Å². The van der Waals surface area contributed by atoms with Gasteiger partial charge in [0.1, 0.15) is 0 Å². The van der Waals surface area contributed by atoms with Gasteiger partial charge < -0.3 is 0 Å². The molecule has 8 nitrogen and oxygen atoms in total. The van der Waals surface area contributed by atoms with Gasteiger partial charge in [0, 0.05) is 0 Å². The summed E-state index contributed by atoms with van der Waals surface area (Å²) < 4.78 is 56.5. The fraction of sp³-hybridized carbons (Fsp3) is 0.333. The Bertz CT molecular complexity index is 1200. The van der Waals surface area contributed by atoms with Gasteiger partial charge in [-0.3, -0.25) is 0 Å².